The van der Waals surface area contributed by atoms with E-state index in [9.17, 15) is 13.2 Å². The Morgan fingerprint density at radius 1 is 1.33 bits per heavy atom. The lowest BCUT2D eigenvalue weighted by Crippen LogP contribution is -2.35. The molecule has 1 rings (SSSR count). The molecule has 21 heavy (non-hydrogen) atoms. The van der Waals surface area contributed by atoms with Crippen LogP contribution in [0.5, 0.6) is 0 Å². The molecule has 0 aliphatic carbocycles. The predicted molar refractivity (Wildman–Crippen MR) is 79.2 cm³/mol. The molecule has 1 aromatic rings. The van der Waals surface area contributed by atoms with Crippen molar-refractivity contribution in [3.63, 3.8) is 0 Å². The van der Waals surface area contributed by atoms with Gasteiger partial charge >= 0.3 is 0 Å². The van der Waals surface area contributed by atoms with Crippen LogP contribution in [0, 0.1) is 6.92 Å². The zero-order valence-corrected chi connectivity index (χ0v) is 13.6. The Balaban J connectivity index is 2.86. The van der Waals surface area contributed by atoms with Crippen LogP contribution in [-0.2, 0) is 18.5 Å². The van der Waals surface area contributed by atoms with Crippen molar-refractivity contribution in [2.45, 2.75) is 17.9 Å². The number of benzene rings is 1. The summed E-state index contributed by atoms with van der Waals surface area (Å²) in [7, 11) is 4.47. The molecule has 8 heteroatoms. The standard InChI is InChI=1S/C13H18ClNO5S/c1-9-4-10(6-12(5-9)21(14,17)18)13(16)15-7-11(20-3)8-19-2/h4-6,11H,7-8H2,1-3H3,(H,15,16). The van der Waals surface area contributed by atoms with E-state index in [2.05, 4.69) is 5.32 Å². The summed E-state index contributed by atoms with van der Waals surface area (Å²) in [5.74, 6) is -0.404. The highest BCUT2D eigenvalue weighted by Gasteiger charge is 2.16. The van der Waals surface area contributed by atoms with Crippen molar-refractivity contribution in [3.8, 4) is 0 Å². The molecule has 1 amide bonds. The van der Waals surface area contributed by atoms with E-state index in [0.29, 0.717) is 12.2 Å². The SMILES string of the molecule is COCC(CNC(=O)c1cc(C)cc(S(=O)(=O)Cl)c1)OC. The summed E-state index contributed by atoms with van der Waals surface area (Å²) in [5.41, 5.74) is 0.851. The number of hydrogen-bond donors (Lipinski definition) is 1. The highest BCUT2D eigenvalue weighted by atomic mass is 35.7. The Morgan fingerprint density at radius 2 is 2.00 bits per heavy atom. The summed E-state index contributed by atoms with van der Waals surface area (Å²) in [5, 5.41) is 2.66. The van der Waals surface area contributed by atoms with Crippen molar-refractivity contribution in [1.29, 1.82) is 0 Å². The van der Waals surface area contributed by atoms with Crippen LogP contribution >= 0.6 is 10.7 Å². The Bertz CT molecular complexity index is 603. The number of nitrogens with one attached hydrogen (secondary N) is 1. The first-order valence-corrected chi connectivity index (χ1v) is 8.45. The highest BCUT2D eigenvalue weighted by molar-refractivity contribution is 8.13. The molecule has 0 aromatic heterocycles. The molecule has 0 fully saturated rings. The molecule has 0 radical (unpaired) electrons. The number of methoxy groups -OCH3 is 2. The summed E-state index contributed by atoms with van der Waals surface area (Å²) < 4.78 is 32.8. The van der Waals surface area contributed by atoms with Gasteiger partial charge in [0.1, 0.15) is 0 Å². The van der Waals surface area contributed by atoms with Gasteiger partial charge < -0.3 is 14.8 Å². The van der Waals surface area contributed by atoms with Crippen molar-refractivity contribution in [2.75, 3.05) is 27.4 Å². The number of carbonyl (C=O) groups is 1. The van der Waals surface area contributed by atoms with Gasteiger partial charge in [0.05, 0.1) is 17.6 Å². The van der Waals surface area contributed by atoms with Crippen molar-refractivity contribution < 1.29 is 22.7 Å². The van der Waals surface area contributed by atoms with Gasteiger partial charge in [0.15, 0.2) is 0 Å². The topological polar surface area (TPSA) is 81.7 Å². The van der Waals surface area contributed by atoms with Crippen LogP contribution in [0.1, 0.15) is 15.9 Å². The molecule has 1 aromatic carbocycles. The summed E-state index contributed by atoms with van der Waals surface area (Å²) in [6.45, 7) is 2.28. The summed E-state index contributed by atoms with van der Waals surface area (Å²) in [4.78, 5) is 12.0. The van der Waals surface area contributed by atoms with Gasteiger partial charge in [-0.2, -0.15) is 0 Å². The lowest BCUT2D eigenvalue weighted by atomic mass is 10.1. The Kier molecular flexibility index (Phi) is 6.60. The Hall–Kier alpha value is -1.15. The van der Waals surface area contributed by atoms with Gasteiger partial charge in [-0.25, -0.2) is 8.42 Å². The van der Waals surface area contributed by atoms with Crippen LogP contribution in [-0.4, -0.2) is 47.8 Å². The molecule has 1 N–H and O–H groups in total. The molecule has 0 aliphatic heterocycles. The van der Waals surface area contributed by atoms with E-state index in [0.717, 1.165) is 0 Å². The second-order valence-electron chi connectivity index (χ2n) is 4.50. The van der Waals surface area contributed by atoms with Crippen LogP contribution < -0.4 is 5.32 Å². The first-order chi connectivity index (χ1) is 9.77. The molecule has 0 bridgehead atoms. The maximum Gasteiger partial charge on any atom is 0.261 e. The van der Waals surface area contributed by atoms with Crippen molar-refractivity contribution in [3.05, 3.63) is 29.3 Å². The zero-order chi connectivity index (χ0) is 16.0. The second-order valence-corrected chi connectivity index (χ2v) is 7.06. The maximum absolute atomic E-state index is 12.1. The van der Waals surface area contributed by atoms with Crippen molar-refractivity contribution >= 4 is 25.6 Å². The second kappa shape index (κ2) is 7.74. The molecule has 6 nitrogen and oxygen atoms in total. The van der Waals surface area contributed by atoms with Gasteiger partial charge in [-0.3, -0.25) is 4.79 Å². The lowest BCUT2D eigenvalue weighted by molar-refractivity contribution is 0.0285. The minimum atomic E-state index is -3.88. The van der Waals surface area contributed by atoms with E-state index in [4.69, 9.17) is 20.2 Å². The fraction of sp³-hybridized carbons (Fsp3) is 0.462. The number of carbonyl (C=O) groups excluding carboxylic acids is 1. The van der Waals surface area contributed by atoms with Gasteiger partial charge in [0.2, 0.25) is 0 Å². The largest absolute Gasteiger partial charge is 0.382 e. The minimum Gasteiger partial charge on any atom is -0.382 e. The number of amides is 1. The van der Waals surface area contributed by atoms with E-state index in [-0.39, 0.29) is 23.1 Å². The third kappa shape index (κ3) is 5.62. The summed E-state index contributed by atoms with van der Waals surface area (Å²) >= 11 is 0. The molecular weight excluding hydrogens is 318 g/mol. The fourth-order valence-corrected chi connectivity index (χ4v) is 2.59. The smallest absolute Gasteiger partial charge is 0.261 e. The molecule has 0 spiro atoms. The third-order valence-electron chi connectivity index (χ3n) is 2.77. The molecule has 1 atom stereocenters. The Labute approximate surface area is 128 Å². The van der Waals surface area contributed by atoms with Gasteiger partial charge in [-0.15, -0.1) is 0 Å². The third-order valence-corrected chi connectivity index (χ3v) is 4.10. The molecule has 1 unspecified atom stereocenters. The van der Waals surface area contributed by atoms with Crippen molar-refractivity contribution in [1.82, 2.24) is 5.32 Å². The van der Waals surface area contributed by atoms with Gasteiger partial charge in [0, 0.05) is 37.0 Å². The lowest BCUT2D eigenvalue weighted by Gasteiger charge is -2.15. The van der Waals surface area contributed by atoms with E-state index >= 15 is 0 Å². The van der Waals surface area contributed by atoms with Gasteiger partial charge in [-0.1, -0.05) is 0 Å². The van der Waals surface area contributed by atoms with Crippen LogP contribution in [0.3, 0.4) is 0 Å². The first-order valence-electron chi connectivity index (χ1n) is 6.14. The number of halogens is 1. The predicted octanol–water partition coefficient (Wildman–Crippen LogP) is 1.31. The van der Waals surface area contributed by atoms with E-state index < -0.39 is 15.0 Å². The zero-order valence-electron chi connectivity index (χ0n) is 12.1. The average molecular weight is 336 g/mol. The van der Waals surface area contributed by atoms with Gasteiger partial charge in [0.25, 0.3) is 15.0 Å². The minimum absolute atomic E-state index is 0.102. The van der Waals surface area contributed by atoms with Crippen LogP contribution in [0.25, 0.3) is 0 Å². The normalized spacial score (nSPS) is 13.0. The van der Waals surface area contributed by atoms with E-state index in [1.807, 2.05) is 0 Å². The summed E-state index contributed by atoms with van der Waals surface area (Å²) in [6.07, 6.45) is -0.278. The number of rotatable bonds is 7. The molecular formula is C13H18ClNO5S. The summed E-state index contributed by atoms with van der Waals surface area (Å²) in [6, 6.07) is 4.23. The molecule has 0 aliphatic rings. The molecule has 0 heterocycles. The molecule has 0 saturated heterocycles. The maximum atomic E-state index is 12.1. The Morgan fingerprint density at radius 3 is 2.52 bits per heavy atom. The van der Waals surface area contributed by atoms with Gasteiger partial charge in [-0.05, 0) is 30.7 Å². The molecule has 0 saturated carbocycles. The number of ether oxygens (including phenoxy) is 2. The number of hydrogen-bond acceptors (Lipinski definition) is 5. The first kappa shape index (κ1) is 17.9. The number of aryl methyl sites for hydroxylation is 1. The van der Waals surface area contributed by atoms with Crippen molar-refractivity contribution in [2.24, 2.45) is 0 Å². The van der Waals surface area contributed by atoms with Crippen LogP contribution in [0.2, 0.25) is 0 Å². The fourth-order valence-electron chi connectivity index (χ4n) is 1.72. The average Bonchev–Trinajstić information content (AvgIpc) is 2.41. The quantitative estimate of drug-likeness (QED) is 0.760. The highest BCUT2D eigenvalue weighted by Crippen LogP contribution is 2.18. The van der Waals surface area contributed by atoms with E-state index in [1.165, 1.54) is 26.4 Å². The van der Waals surface area contributed by atoms with Crippen LogP contribution in [0.4, 0.5) is 0 Å². The monoisotopic (exact) mass is 335 g/mol. The van der Waals surface area contributed by atoms with E-state index in [1.54, 1.807) is 13.0 Å². The van der Waals surface area contributed by atoms with Crippen LogP contribution in [0.15, 0.2) is 23.1 Å². The molecule has 118 valence electrons.